The number of amides is 1. The molecule has 9 nitrogen and oxygen atoms in total. The largest absolute Gasteiger partial charge is 0.496 e. The second-order valence-corrected chi connectivity index (χ2v) is 15.8. The molecule has 2 saturated heterocycles. The molecule has 7 rings (SSSR count). The minimum Gasteiger partial charge on any atom is -0.496 e. The van der Waals surface area contributed by atoms with Crippen LogP contribution in [0, 0.1) is 35.0 Å². The van der Waals surface area contributed by atoms with Gasteiger partial charge in [-0.25, -0.2) is 0 Å². The van der Waals surface area contributed by atoms with Crippen LogP contribution < -0.4 is 10.1 Å². The van der Waals surface area contributed by atoms with E-state index in [2.05, 4.69) is 37.9 Å². The molecule has 3 saturated carbocycles. The van der Waals surface area contributed by atoms with Crippen molar-refractivity contribution in [3.05, 3.63) is 53.6 Å². The van der Waals surface area contributed by atoms with Gasteiger partial charge in [-0.05, 0) is 92.5 Å². The predicted molar refractivity (Wildman–Crippen MR) is 190 cm³/mol. The molecular formula is C40H57N3O6. The van der Waals surface area contributed by atoms with E-state index in [0.717, 1.165) is 49.0 Å². The number of hydrogen-bond acceptors (Lipinski definition) is 8. The average Bonchev–Trinajstić information content (AvgIpc) is 3.71. The number of para-hydroxylation sites is 1. The summed E-state index contributed by atoms with van der Waals surface area (Å²) >= 11 is 0. The number of benzene rings is 2. The number of fused-ring (bicyclic) bond motifs is 2. The topological polar surface area (TPSA) is 112 Å². The maximum absolute atomic E-state index is 14.2. The standard InChI is InChI=1S/C40H57N3O6/c1-7-42-16-10-14-31(42)21-41-39(47)27-12-8-11-26(17-27)32-15-9-13-28(38(32)48-6)22-43-37(36(25(3)45)35(23-44)49-43)34(46)19-29-18-30-20-33(24(29)2)40(30,4)5/h8-9,11-13,15,17,24-25,29-31,33,35-37,44-45H,7,10,14,16,18-23H2,1-6H3,(H,41,47)/t24-,25+,29-,30+,31?,33+,35+,36+,37-/m1/s1. The number of ketones is 1. The minimum atomic E-state index is -0.840. The van der Waals surface area contributed by atoms with Gasteiger partial charge < -0.3 is 20.3 Å². The zero-order valence-corrected chi connectivity index (χ0v) is 30.2. The van der Waals surface area contributed by atoms with Crippen molar-refractivity contribution >= 4 is 11.7 Å². The van der Waals surface area contributed by atoms with E-state index in [1.807, 2.05) is 42.5 Å². The lowest BCUT2D eigenvalue weighted by atomic mass is 9.43. The van der Waals surface area contributed by atoms with Gasteiger partial charge in [0.15, 0.2) is 5.78 Å². The fourth-order valence-electron chi connectivity index (χ4n) is 9.88. The van der Waals surface area contributed by atoms with E-state index in [4.69, 9.17) is 9.57 Å². The Morgan fingerprint density at radius 1 is 1.16 bits per heavy atom. The highest BCUT2D eigenvalue weighted by molar-refractivity contribution is 5.95. The summed E-state index contributed by atoms with van der Waals surface area (Å²) in [6.45, 7) is 13.5. The maximum atomic E-state index is 14.2. The van der Waals surface area contributed by atoms with Crippen LogP contribution in [-0.2, 0) is 16.2 Å². The molecule has 2 aromatic carbocycles. The van der Waals surface area contributed by atoms with Crippen LogP contribution in [0.1, 0.15) is 82.6 Å². The SMILES string of the molecule is CCN1CCCC1CNC(=O)c1cccc(-c2cccc(CN3O[C@@H](CO)[C@H]([C@H](C)O)[C@H]3C(=O)C[C@H]3C[C@H]4C[C@@H]([C@@H]3C)C4(C)C)c2OC)c1. The van der Waals surface area contributed by atoms with Crippen molar-refractivity contribution in [1.29, 1.82) is 0 Å². The Kier molecular flexibility index (Phi) is 10.9. The van der Waals surface area contributed by atoms with Gasteiger partial charge in [0.05, 0.1) is 26.4 Å². The zero-order chi connectivity index (χ0) is 35.0. The molecule has 1 amide bonds. The second kappa shape index (κ2) is 14.8. The summed E-state index contributed by atoms with van der Waals surface area (Å²) in [5.74, 6) is 2.08. The summed E-state index contributed by atoms with van der Waals surface area (Å²) in [5, 5.41) is 26.0. The van der Waals surface area contributed by atoms with Crippen LogP contribution in [0.5, 0.6) is 5.75 Å². The van der Waals surface area contributed by atoms with Gasteiger partial charge in [-0.2, -0.15) is 5.06 Å². The Labute approximate surface area is 292 Å². The fraction of sp³-hybridized carbons (Fsp3) is 0.650. The molecule has 2 aliphatic heterocycles. The molecule has 1 unspecified atom stereocenters. The number of hydrogen-bond donors (Lipinski definition) is 3. The number of nitrogens with zero attached hydrogens (tertiary/aromatic N) is 2. The smallest absolute Gasteiger partial charge is 0.251 e. The molecule has 0 spiro atoms. The number of nitrogens with one attached hydrogen (secondary N) is 1. The fourth-order valence-corrected chi connectivity index (χ4v) is 9.88. The minimum absolute atomic E-state index is 0.0614. The number of carbonyl (C=O) groups excluding carboxylic acids is 2. The molecule has 3 N–H and O–H groups in total. The third-order valence-corrected chi connectivity index (χ3v) is 12.9. The van der Waals surface area contributed by atoms with Crippen molar-refractivity contribution in [3.63, 3.8) is 0 Å². The van der Waals surface area contributed by atoms with E-state index in [-0.39, 0.29) is 24.8 Å². The summed E-state index contributed by atoms with van der Waals surface area (Å²) in [5.41, 5.74) is 3.41. The number of rotatable bonds is 13. The summed E-state index contributed by atoms with van der Waals surface area (Å²) in [6, 6.07) is 13.1. The molecule has 2 heterocycles. The van der Waals surface area contributed by atoms with Crippen molar-refractivity contribution < 1.29 is 29.4 Å². The highest BCUT2D eigenvalue weighted by atomic mass is 16.7. The lowest BCUT2D eigenvalue weighted by Crippen LogP contribution is -2.55. The summed E-state index contributed by atoms with van der Waals surface area (Å²) in [7, 11) is 1.62. The maximum Gasteiger partial charge on any atom is 0.251 e. The summed E-state index contributed by atoms with van der Waals surface area (Å²) in [4.78, 5) is 36.2. The lowest BCUT2D eigenvalue weighted by Gasteiger charge is -2.62. The number of aliphatic hydroxyl groups is 2. The molecule has 5 fully saturated rings. The highest BCUT2D eigenvalue weighted by Gasteiger charge is 2.57. The van der Waals surface area contributed by atoms with Gasteiger partial charge in [-0.1, -0.05) is 58.0 Å². The van der Waals surface area contributed by atoms with Crippen molar-refractivity contribution in [3.8, 4) is 16.9 Å². The third kappa shape index (κ3) is 6.94. The lowest BCUT2D eigenvalue weighted by molar-refractivity contribution is -0.183. The Morgan fingerprint density at radius 2 is 1.94 bits per heavy atom. The molecule has 9 heteroatoms. The number of carbonyl (C=O) groups is 2. The molecule has 2 aromatic rings. The van der Waals surface area contributed by atoms with Gasteiger partial charge in [-0.3, -0.25) is 19.3 Å². The van der Waals surface area contributed by atoms with Crippen molar-refractivity contribution in [2.75, 3.05) is 33.4 Å². The normalized spacial score (nSPS) is 31.7. The first kappa shape index (κ1) is 36.0. The van der Waals surface area contributed by atoms with Gasteiger partial charge in [0.25, 0.3) is 5.91 Å². The van der Waals surface area contributed by atoms with E-state index >= 15 is 0 Å². The van der Waals surface area contributed by atoms with E-state index in [1.54, 1.807) is 19.1 Å². The van der Waals surface area contributed by atoms with Crippen LogP contribution in [0.15, 0.2) is 42.5 Å². The molecule has 49 heavy (non-hydrogen) atoms. The Bertz CT molecular complexity index is 1490. The first-order chi connectivity index (χ1) is 23.5. The molecular weight excluding hydrogens is 618 g/mol. The zero-order valence-electron chi connectivity index (χ0n) is 30.2. The molecule has 3 aliphatic carbocycles. The highest BCUT2D eigenvalue weighted by Crippen LogP contribution is 2.63. The number of likely N-dealkylation sites (tertiary alicyclic amines) is 1. The molecule has 5 aliphatic rings. The van der Waals surface area contributed by atoms with E-state index in [9.17, 15) is 19.8 Å². The van der Waals surface area contributed by atoms with Crippen molar-refractivity contribution in [2.24, 2.45) is 35.0 Å². The van der Waals surface area contributed by atoms with Gasteiger partial charge in [0.1, 0.15) is 17.9 Å². The summed E-state index contributed by atoms with van der Waals surface area (Å²) < 4.78 is 6.00. The number of ether oxygens (including phenoxy) is 1. The number of methoxy groups -OCH3 is 1. The molecule has 9 atom stereocenters. The van der Waals surface area contributed by atoms with Gasteiger partial charge in [0, 0.05) is 41.6 Å². The number of aliphatic hydroxyl groups excluding tert-OH is 2. The first-order valence-corrected chi connectivity index (χ1v) is 18.5. The van der Waals surface area contributed by atoms with Gasteiger partial charge in [-0.15, -0.1) is 0 Å². The molecule has 0 aromatic heterocycles. The molecule has 0 radical (unpaired) electrons. The Hall–Kier alpha value is -2.82. The Balaban J connectivity index is 1.21. The predicted octanol–water partition coefficient (Wildman–Crippen LogP) is 5.33. The van der Waals surface area contributed by atoms with Crippen LogP contribution in [-0.4, -0.2) is 89.5 Å². The summed E-state index contributed by atoms with van der Waals surface area (Å²) in [6.07, 6.45) is 3.48. The van der Waals surface area contributed by atoms with E-state index in [1.165, 1.54) is 6.42 Å². The Morgan fingerprint density at radius 3 is 2.61 bits per heavy atom. The van der Waals surface area contributed by atoms with Crippen LogP contribution in [0.25, 0.3) is 11.1 Å². The van der Waals surface area contributed by atoms with Crippen LogP contribution in [0.2, 0.25) is 0 Å². The molecule has 268 valence electrons. The molecule has 2 bridgehead atoms. The van der Waals surface area contributed by atoms with E-state index < -0.39 is 24.2 Å². The first-order valence-electron chi connectivity index (χ1n) is 18.5. The van der Waals surface area contributed by atoms with Gasteiger partial charge in [0.2, 0.25) is 0 Å². The number of Topliss-reactive ketones (excluding diaryl/α,β-unsaturated/α-hetero) is 1. The quantitative estimate of drug-likeness (QED) is 0.262. The van der Waals surface area contributed by atoms with Crippen LogP contribution in [0.3, 0.4) is 0 Å². The average molecular weight is 676 g/mol. The van der Waals surface area contributed by atoms with Gasteiger partial charge >= 0.3 is 0 Å². The van der Waals surface area contributed by atoms with Crippen molar-refractivity contribution in [1.82, 2.24) is 15.3 Å². The third-order valence-electron chi connectivity index (χ3n) is 12.9. The van der Waals surface area contributed by atoms with Crippen LogP contribution in [0.4, 0.5) is 0 Å². The number of likely N-dealkylation sites (N-methyl/N-ethyl adjacent to an activating group) is 1. The van der Waals surface area contributed by atoms with Crippen molar-refractivity contribution in [2.45, 2.75) is 97.6 Å². The van der Waals surface area contributed by atoms with E-state index in [0.29, 0.717) is 59.4 Å². The second-order valence-electron chi connectivity index (χ2n) is 15.8. The van der Waals surface area contributed by atoms with Crippen LogP contribution >= 0.6 is 0 Å². The number of hydroxylamine groups is 2. The monoisotopic (exact) mass is 675 g/mol.